The van der Waals surface area contributed by atoms with E-state index in [4.69, 9.17) is 21.7 Å². The first-order chi connectivity index (χ1) is 15.6. The van der Waals surface area contributed by atoms with Crippen molar-refractivity contribution in [2.24, 2.45) is 17.4 Å². The van der Waals surface area contributed by atoms with Gasteiger partial charge in [0.15, 0.2) is 0 Å². The SMILES string of the molecule is CC(C)C(NC(=O)C(N)CC(=O)O)C(=O)NC(CCC(N)=O)C(=O)NC(CCC(=O)O)C(=O)O. The number of aliphatic carboxylic acids is 3. The smallest absolute Gasteiger partial charge is 0.326 e. The van der Waals surface area contributed by atoms with Crippen LogP contribution in [0.5, 0.6) is 0 Å². The van der Waals surface area contributed by atoms with Crippen molar-refractivity contribution >= 4 is 41.5 Å². The minimum Gasteiger partial charge on any atom is -0.481 e. The number of hydrogen-bond acceptors (Lipinski definition) is 8. The van der Waals surface area contributed by atoms with Gasteiger partial charge in [-0.25, -0.2) is 4.79 Å². The zero-order chi connectivity index (χ0) is 26.6. The highest BCUT2D eigenvalue weighted by Crippen LogP contribution is 2.07. The van der Waals surface area contributed by atoms with Crippen molar-refractivity contribution in [2.75, 3.05) is 0 Å². The molecular weight excluding hydrogens is 458 g/mol. The van der Waals surface area contributed by atoms with E-state index in [1.807, 2.05) is 0 Å². The summed E-state index contributed by atoms with van der Waals surface area (Å²) < 4.78 is 0. The molecule has 0 aromatic carbocycles. The number of nitrogens with one attached hydrogen (secondary N) is 3. The Hall–Kier alpha value is -3.75. The van der Waals surface area contributed by atoms with Crippen LogP contribution in [0.15, 0.2) is 0 Å². The maximum Gasteiger partial charge on any atom is 0.326 e. The Labute approximate surface area is 194 Å². The molecule has 0 aliphatic rings. The van der Waals surface area contributed by atoms with Crippen LogP contribution in [-0.2, 0) is 33.6 Å². The zero-order valence-corrected chi connectivity index (χ0v) is 18.8. The number of carbonyl (C=O) groups excluding carboxylic acids is 4. The van der Waals surface area contributed by atoms with Gasteiger partial charge in [-0.05, 0) is 18.8 Å². The van der Waals surface area contributed by atoms with Crippen molar-refractivity contribution in [3.8, 4) is 0 Å². The van der Waals surface area contributed by atoms with Gasteiger partial charge < -0.3 is 42.7 Å². The fourth-order valence-electron chi connectivity index (χ4n) is 2.69. The first-order valence-electron chi connectivity index (χ1n) is 10.3. The van der Waals surface area contributed by atoms with Crippen LogP contribution in [0.25, 0.3) is 0 Å². The second-order valence-corrected chi connectivity index (χ2v) is 7.83. The fraction of sp³-hybridized carbons (Fsp3) is 0.632. The Morgan fingerprint density at radius 3 is 1.71 bits per heavy atom. The summed E-state index contributed by atoms with van der Waals surface area (Å²) >= 11 is 0. The molecular formula is C19H31N5O10. The molecule has 0 saturated heterocycles. The highest BCUT2D eigenvalue weighted by molar-refractivity contribution is 5.95. The molecule has 0 saturated carbocycles. The third-order valence-corrected chi connectivity index (χ3v) is 4.55. The predicted molar refractivity (Wildman–Crippen MR) is 114 cm³/mol. The van der Waals surface area contributed by atoms with E-state index >= 15 is 0 Å². The maximum absolute atomic E-state index is 12.8. The Balaban J connectivity index is 5.52. The number of carboxylic acid groups (broad SMARTS) is 3. The van der Waals surface area contributed by atoms with E-state index in [-0.39, 0.29) is 12.8 Å². The fourth-order valence-corrected chi connectivity index (χ4v) is 2.69. The number of rotatable bonds is 16. The monoisotopic (exact) mass is 489 g/mol. The van der Waals surface area contributed by atoms with Crippen molar-refractivity contribution in [2.45, 2.75) is 70.1 Å². The lowest BCUT2D eigenvalue weighted by Crippen LogP contribution is -2.58. The molecule has 0 bridgehead atoms. The van der Waals surface area contributed by atoms with E-state index in [0.29, 0.717) is 0 Å². The summed E-state index contributed by atoms with van der Waals surface area (Å²) in [5.74, 6) is -8.27. The summed E-state index contributed by atoms with van der Waals surface area (Å²) in [6.45, 7) is 3.11. The van der Waals surface area contributed by atoms with Crippen LogP contribution in [-0.4, -0.2) is 81.0 Å². The van der Waals surface area contributed by atoms with Gasteiger partial charge in [0.25, 0.3) is 0 Å². The summed E-state index contributed by atoms with van der Waals surface area (Å²) in [5.41, 5.74) is 10.6. The summed E-state index contributed by atoms with van der Waals surface area (Å²) in [6, 6.07) is -5.71. The molecule has 0 fully saturated rings. The van der Waals surface area contributed by atoms with Gasteiger partial charge in [0.1, 0.15) is 18.1 Å². The lowest BCUT2D eigenvalue weighted by molar-refractivity contribution is -0.143. The minimum atomic E-state index is -1.58. The van der Waals surface area contributed by atoms with Gasteiger partial charge in [-0.2, -0.15) is 0 Å². The van der Waals surface area contributed by atoms with Crippen LogP contribution in [0.2, 0.25) is 0 Å². The molecule has 0 aliphatic heterocycles. The third kappa shape index (κ3) is 11.8. The molecule has 10 N–H and O–H groups in total. The van der Waals surface area contributed by atoms with Gasteiger partial charge in [0.05, 0.1) is 12.5 Å². The van der Waals surface area contributed by atoms with Crippen molar-refractivity contribution in [3.63, 3.8) is 0 Å². The molecule has 192 valence electrons. The molecule has 4 atom stereocenters. The van der Waals surface area contributed by atoms with Crippen LogP contribution in [0.1, 0.15) is 46.0 Å². The van der Waals surface area contributed by atoms with Gasteiger partial charge in [-0.15, -0.1) is 0 Å². The first kappa shape index (κ1) is 30.2. The van der Waals surface area contributed by atoms with Crippen molar-refractivity contribution in [1.82, 2.24) is 16.0 Å². The lowest BCUT2D eigenvalue weighted by Gasteiger charge is -2.26. The number of primary amides is 1. The summed E-state index contributed by atoms with van der Waals surface area (Å²) in [7, 11) is 0. The second-order valence-electron chi connectivity index (χ2n) is 7.83. The van der Waals surface area contributed by atoms with Crippen LogP contribution in [0.4, 0.5) is 0 Å². The number of hydrogen-bond donors (Lipinski definition) is 8. The van der Waals surface area contributed by atoms with Crippen molar-refractivity contribution < 1.29 is 48.9 Å². The van der Waals surface area contributed by atoms with Crippen molar-refractivity contribution in [1.29, 1.82) is 0 Å². The van der Waals surface area contributed by atoms with Gasteiger partial charge in [-0.1, -0.05) is 13.8 Å². The molecule has 0 rings (SSSR count). The van der Waals surface area contributed by atoms with Gasteiger partial charge >= 0.3 is 17.9 Å². The van der Waals surface area contributed by atoms with E-state index < -0.39 is 90.9 Å². The maximum atomic E-state index is 12.8. The Morgan fingerprint density at radius 1 is 0.735 bits per heavy atom. The van der Waals surface area contributed by atoms with E-state index in [1.54, 1.807) is 13.8 Å². The molecule has 4 amide bonds. The third-order valence-electron chi connectivity index (χ3n) is 4.55. The largest absolute Gasteiger partial charge is 0.481 e. The first-order valence-corrected chi connectivity index (χ1v) is 10.3. The summed E-state index contributed by atoms with van der Waals surface area (Å²) in [5, 5.41) is 33.4. The van der Waals surface area contributed by atoms with Crippen LogP contribution in [0, 0.1) is 5.92 Å². The predicted octanol–water partition coefficient (Wildman–Crippen LogP) is -2.89. The summed E-state index contributed by atoms with van der Waals surface area (Å²) in [6.07, 6.45) is -2.33. The molecule has 0 aromatic heterocycles. The highest BCUT2D eigenvalue weighted by atomic mass is 16.4. The molecule has 0 aromatic rings. The Morgan fingerprint density at radius 2 is 1.26 bits per heavy atom. The quantitative estimate of drug-likeness (QED) is 0.109. The molecule has 15 heteroatoms. The summed E-state index contributed by atoms with van der Waals surface area (Å²) in [4.78, 5) is 81.5. The Bertz CT molecular complexity index is 800. The molecule has 0 aliphatic carbocycles. The molecule has 0 radical (unpaired) electrons. The normalized spacial score (nSPS) is 14.2. The van der Waals surface area contributed by atoms with E-state index in [0.717, 1.165) is 0 Å². The van der Waals surface area contributed by atoms with Crippen LogP contribution >= 0.6 is 0 Å². The second kappa shape index (κ2) is 14.4. The molecule has 0 heterocycles. The highest BCUT2D eigenvalue weighted by Gasteiger charge is 2.32. The minimum absolute atomic E-state index is 0.310. The number of carbonyl (C=O) groups is 7. The van der Waals surface area contributed by atoms with Gasteiger partial charge in [-0.3, -0.25) is 28.8 Å². The van der Waals surface area contributed by atoms with E-state index in [1.165, 1.54) is 0 Å². The van der Waals surface area contributed by atoms with Gasteiger partial charge in [0.2, 0.25) is 23.6 Å². The average Bonchev–Trinajstić information content (AvgIpc) is 2.70. The van der Waals surface area contributed by atoms with E-state index in [9.17, 15) is 38.7 Å². The molecule has 34 heavy (non-hydrogen) atoms. The standard InChI is InChI=1S/C19H31N5O10/c1-8(2)15(24-16(30)9(20)7-14(28)29)18(32)22-10(3-5-12(21)25)17(31)23-11(19(33)34)4-6-13(26)27/h8-11,15H,3-7,20H2,1-2H3,(H2,21,25)(H,22,32)(H,23,31)(H,24,30)(H,26,27)(H,28,29)(H,33,34). The number of carboxylic acids is 3. The van der Waals surface area contributed by atoms with Crippen LogP contribution in [0.3, 0.4) is 0 Å². The Kier molecular flexibility index (Phi) is 12.8. The number of nitrogens with two attached hydrogens (primary N) is 2. The molecule has 15 nitrogen and oxygen atoms in total. The van der Waals surface area contributed by atoms with E-state index in [2.05, 4.69) is 16.0 Å². The lowest BCUT2D eigenvalue weighted by atomic mass is 10.0. The molecule has 0 spiro atoms. The zero-order valence-electron chi connectivity index (χ0n) is 18.8. The number of amides is 4. The average molecular weight is 489 g/mol. The molecule has 4 unspecified atom stereocenters. The van der Waals surface area contributed by atoms with Crippen LogP contribution < -0.4 is 27.4 Å². The van der Waals surface area contributed by atoms with Crippen molar-refractivity contribution in [3.05, 3.63) is 0 Å². The topological polar surface area (TPSA) is 268 Å². The van der Waals surface area contributed by atoms with Gasteiger partial charge in [0, 0.05) is 12.8 Å².